The van der Waals surface area contributed by atoms with Crippen LogP contribution in [0.3, 0.4) is 0 Å². The van der Waals surface area contributed by atoms with Gasteiger partial charge < -0.3 is 4.98 Å². The maximum Gasteiger partial charge on any atom is 0.156 e. The average Bonchev–Trinajstić information content (AvgIpc) is 2.50. The molecule has 0 amide bonds. The number of aromatic nitrogens is 3. The summed E-state index contributed by atoms with van der Waals surface area (Å²) in [5, 5.41) is 0. The summed E-state index contributed by atoms with van der Waals surface area (Å²) >= 11 is 0. The number of nitrogens with zero attached hydrogens (tertiary/aromatic N) is 2. The number of hydrogen-bond donors (Lipinski definition) is 1. The van der Waals surface area contributed by atoms with Crippen molar-refractivity contribution in [1.82, 2.24) is 15.0 Å². The first-order valence-electron chi connectivity index (χ1n) is 3.82. The molecule has 1 N–H and O–H groups in total. The fourth-order valence-corrected chi connectivity index (χ4v) is 1.18. The summed E-state index contributed by atoms with van der Waals surface area (Å²) in [6.07, 6.45) is 9.27. The SMILES string of the molecule is C/C=C/c1c[nH]c2nccnc12. The Morgan fingerprint density at radius 2 is 2.17 bits per heavy atom. The van der Waals surface area contributed by atoms with Gasteiger partial charge in [0.1, 0.15) is 5.52 Å². The lowest BCUT2D eigenvalue weighted by atomic mass is 10.3. The molecule has 0 aliphatic rings. The zero-order valence-electron chi connectivity index (χ0n) is 6.78. The van der Waals surface area contributed by atoms with Crippen LogP contribution < -0.4 is 0 Å². The summed E-state index contributed by atoms with van der Waals surface area (Å²) < 4.78 is 0. The average molecular weight is 159 g/mol. The van der Waals surface area contributed by atoms with Gasteiger partial charge in [0.25, 0.3) is 0 Å². The molecule has 2 aromatic heterocycles. The van der Waals surface area contributed by atoms with Crippen molar-refractivity contribution >= 4 is 17.2 Å². The normalized spacial score (nSPS) is 11.4. The van der Waals surface area contributed by atoms with E-state index in [1.807, 2.05) is 25.3 Å². The molecule has 0 aliphatic heterocycles. The number of hydrogen-bond acceptors (Lipinski definition) is 2. The highest BCUT2D eigenvalue weighted by Crippen LogP contribution is 2.13. The van der Waals surface area contributed by atoms with Gasteiger partial charge in [0.15, 0.2) is 5.65 Å². The number of allylic oxidation sites excluding steroid dienone is 1. The van der Waals surface area contributed by atoms with Gasteiger partial charge in [0.2, 0.25) is 0 Å². The molecule has 2 aromatic rings. The van der Waals surface area contributed by atoms with E-state index in [4.69, 9.17) is 0 Å². The van der Waals surface area contributed by atoms with E-state index in [1.54, 1.807) is 12.4 Å². The quantitative estimate of drug-likeness (QED) is 0.691. The standard InChI is InChI=1S/C9H9N3/c1-2-3-7-6-12-9-8(7)10-4-5-11-9/h2-6H,1H3,(H,11,12)/b3-2+. The Kier molecular flexibility index (Phi) is 1.63. The lowest BCUT2D eigenvalue weighted by molar-refractivity contribution is 1.26. The second kappa shape index (κ2) is 2.77. The van der Waals surface area contributed by atoms with Crippen molar-refractivity contribution in [3.8, 4) is 0 Å². The Balaban J connectivity index is 2.70. The Hall–Kier alpha value is -1.64. The van der Waals surface area contributed by atoms with Crippen molar-refractivity contribution in [2.24, 2.45) is 0 Å². The zero-order chi connectivity index (χ0) is 8.39. The molecule has 3 heteroatoms. The third-order valence-corrected chi connectivity index (χ3v) is 1.68. The van der Waals surface area contributed by atoms with E-state index in [2.05, 4.69) is 15.0 Å². The number of fused-ring (bicyclic) bond motifs is 1. The molecule has 0 fully saturated rings. The van der Waals surface area contributed by atoms with E-state index in [1.165, 1.54) is 0 Å². The minimum atomic E-state index is 0.839. The summed E-state index contributed by atoms with van der Waals surface area (Å²) in [5.74, 6) is 0. The molecule has 12 heavy (non-hydrogen) atoms. The molecule has 0 bridgehead atoms. The van der Waals surface area contributed by atoms with E-state index in [9.17, 15) is 0 Å². The zero-order valence-corrected chi connectivity index (χ0v) is 6.78. The second-order valence-electron chi connectivity index (χ2n) is 2.50. The van der Waals surface area contributed by atoms with E-state index in [0.29, 0.717) is 0 Å². The maximum atomic E-state index is 4.21. The van der Waals surface area contributed by atoms with Gasteiger partial charge in [-0.1, -0.05) is 12.2 Å². The van der Waals surface area contributed by atoms with Gasteiger partial charge >= 0.3 is 0 Å². The van der Waals surface area contributed by atoms with Gasteiger partial charge in [-0.25, -0.2) is 4.98 Å². The summed E-state index contributed by atoms with van der Waals surface area (Å²) in [6.45, 7) is 1.98. The van der Waals surface area contributed by atoms with Crippen LogP contribution in [0.1, 0.15) is 12.5 Å². The summed E-state index contributed by atoms with van der Waals surface area (Å²) in [6, 6.07) is 0. The van der Waals surface area contributed by atoms with Crippen LogP contribution in [0.2, 0.25) is 0 Å². The van der Waals surface area contributed by atoms with Crippen LogP contribution in [0, 0.1) is 0 Å². The van der Waals surface area contributed by atoms with E-state index in [0.717, 1.165) is 16.7 Å². The molecule has 0 atom stereocenters. The summed E-state index contributed by atoms with van der Waals surface area (Å²) in [4.78, 5) is 11.4. The van der Waals surface area contributed by atoms with Gasteiger partial charge in [0.05, 0.1) is 0 Å². The predicted molar refractivity (Wildman–Crippen MR) is 48.6 cm³/mol. The first-order chi connectivity index (χ1) is 5.92. The maximum absolute atomic E-state index is 4.21. The minimum absolute atomic E-state index is 0.839. The molecule has 0 unspecified atom stereocenters. The van der Waals surface area contributed by atoms with Crippen LogP contribution in [-0.2, 0) is 0 Å². The lowest BCUT2D eigenvalue weighted by Crippen LogP contribution is -1.78. The van der Waals surface area contributed by atoms with Crippen molar-refractivity contribution in [2.75, 3.05) is 0 Å². The van der Waals surface area contributed by atoms with Crippen molar-refractivity contribution < 1.29 is 0 Å². The Labute approximate surface area is 70.2 Å². The topological polar surface area (TPSA) is 41.6 Å². The van der Waals surface area contributed by atoms with Gasteiger partial charge in [-0.3, -0.25) is 4.98 Å². The molecule has 3 nitrogen and oxygen atoms in total. The Morgan fingerprint density at radius 3 is 3.00 bits per heavy atom. The third kappa shape index (κ3) is 0.993. The summed E-state index contributed by atoms with van der Waals surface area (Å²) in [5.41, 5.74) is 2.85. The molecule has 2 rings (SSSR count). The van der Waals surface area contributed by atoms with Crippen LogP contribution in [-0.4, -0.2) is 15.0 Å². The fourth-order valence-electron chi connectivity index (χ4n) is 1.18. The molecular formula is C9H9N3. The van der Waals surface area contributed by atoms with Crippen molar-refractivity contribution in [1.29, 1.82) is 0 Å². The fraction of sp³-hybridized carbons (Fsp3) is 0.111. The van der Waals surface area contributed by atoms with Gasteiger partial charge in [0, 0.05) is 24.2 Å². The molecule has 0 saturated carbocycles. The van der Waals surface area contributed by atoms with Crippen LogP contribution in [0.5, 0.6) is 0 Å². The van der Waals surface area contributed by atoms with Crippen molar-refractivity contribution in [3.05, 3.63) is 30.2 Å². The first-order valence-corrected chi connectivity index (χ1v) is 3.82. The largest absolute Gasteiger partial charge is 0.344 e. The highest BCUT2D eigenvalue weighted by atomic mass is 14.9. The molecule has 60 valence electrons. The number of aromatic amines is 1. The third-order valence-electron chi connectivity index (χ3n) is 1.68. The van der Waals surface area contributed by atoms with Crippen LogP contribution in [0.15, 0.2) is 24.7 Å². The van der Waals surface area contributed by atoms with Gasteiger partial charge in [-0.15, -0.1) is 0 Å². The molecule has 0 saturated heterocycles. The van der Waals surface area contributed by atoms with Crippen LogP contribution in [0.4, 0.5) is 0 Å². The van der Waals surface area contributed by atoms with E-state index < -0.39 is 0 Å². The van der Waals surface area contributed by atoms with E-state index in [-0.39, 0.29) is 0 Å². The highest BCUT2D eigenvalue weighted by molar-refractivity contribution is 5.81. The van der Waals surface area contributed by atoms with E-state index >= 15 is 0 Å². The van der Waals surface area contributed by atoms with Crippen LogP contribution in [0.25, 0.3) is 17.2 Å². The predicted octanol–water partition coefficient (Wildman–Crippen LogP) is 1.99. The second-order valence-corrected chi connectivity index (χ2v) is 2.50. The molecule has 0 spiro atoms. The first kappa shape index (κ1) is 7.03. The van der Waals surface area contributed by atoms with Crippen LogP contribution >= 0.6 is 0 Å². The van der Waals surface area contributed by atoms with Gasteiger partial charge in [-0.2, -0.15) is 0 Å². The van der Waals surface area contributed by atoms with Crippen molar-refractivity contribution in [2.45, 2.75) is 6.92 Å². The highest BCUT2D eigenvalue weighted by Gasteiger charge is 2.00. The van der Waals surface area contributed by atoms with Gasteiger partial charge in [-0.05, 0) is 6.92 Å². The molecule has 2 heterocycles. The Morgan fingerprint density at radius 1 is 1.33 bits per heavy atom. The lowest BCUT2D eigenvalue weighted by Gasteiger charge is -1.87. The number of H-pyrrole nitrogens is 1. The number of rotatable bonds is 1. The molecule has 0 radical (unpaired) electrons. The monoisotopic (exact) mass is 159 g/mol. The Bertz CT molecular complexity index is 414. The molecule has 0 aromatic carbocycles. The molecule has 0 aliphatic carbocycles. The van der Waals surface area contributed by atoms with Crippen molar-refractivity contribution in [3.63, 3.8) is 0 Å². The minimum Gasteiger partial charge on any atom is -0.344 e. The summed E-state index contributed by atoms with van der Waals surface area (Å²) in [7, 11) is 0. The molecular weight excluding hydrogens is 150 g/mol. The smallest absolute Gasteiger partial charge is 0.156 e. The number of nitrogens with one attached hydrogen (secondary N) is 1.